The molecule has 10 saturated heterocycles. The number of carbonyl (C=O) groups excluding carboxylic acids is 1. The summed E-state index contributed by atoms with van der Waals surface area (Å²) in [6.45, 7) is -1.42. The molecule has 10 aliphatic heterocycles. The van der Waals surface area contributed by atoms with Crippen LogP contribution < -0.4 is 0 Å². The van der Waals surface area contributed by atoms with Gasteiger partial charge in [0.15, 0.2) is 0 Å². The van der Waals surface area contributed by atoms with E-state index in [4.69, 9.17) is 4.79 Å². The third-order valence-corrected chi connectivity index (χ3v) is 57.0. The molecule has 2 nitrogen and oxygen atoms in total. The van der Waals surface area contributed by atoms with Crippen molar-refractivity contribution in [3.8, 4) is 6.07 Å². The van der Waals surface area contributed by atoms with Gasteiger partial charge in [0.2, 0.25) is 0 Å². The van der Waals surface area contributed by atoms with Gasteiger partial charge in [-0.25, -0.2) is 0 Å². The summed E-state index contributed by atoms with van der Waals surface area (Å²) >= 11 is 0. The van der Waals surface area contributed by atoms with Gasteiger partial charge in [-0.15, -0.1) is 0 Å². The monoisotopic (exact) mass is 255 g/mol. The van der Waals surface area contributed by atoms with Crippen molar-refractivity contribution in [3.63, 3.8) is 0 Å². The minimum absolute atomic E-state index is 0.541. The zero-order chi connectivity index (χ0) is 10.4. The van der Waals surface area contributed by atoms with E-state index in [2.05, 4.69) is 6.07 Å². The maximum atomic E-state index is 9.65. The molecule has 4 unspecified atom stereocenters. The number of nitrogens with zero attached hydrogens (tertiary/aromatic N) is 1. The van der Waals surface area contributed by atoms with Crippen LogP contribution in [-0.4, -0.2) is 6.29 Å². The second-order valence-electron chi connectivity index (χ2n) is 10.0. The molecule has 0 aromatic rings. The van der Waals surface area contributed by atoms with E-state index in [0.717, 1.165) is 6.29 Å². The molecule has 10 fully saturated rings. The van der Waals surface area contributed by atoms with Gasteiger partial charge in [-0.3, -0.25) is 0 Å². The van der Waals surface area contributed by atoms with Crippen LogP contribution in [0.3, 0.4) is 0 Å². The van der Waals surface area contributed by atoms with Crippen LogP contribution in [0.25, 0.3) is 0 Å². The summed E-state index contributed by atoms with van der Waals surface area (Å²) in [6.07, 6.45) is 0.750. The fourth-order valence-electron chi connectivity index (χ4n) is 16.5. The summed E-state index contributed by atoms with van der Waals surface area (Å²) in [5, 5.41) is 9.65. The van der Waals surface area contributed by atoms with Gasteiger partial charge in [0.1, 0.15) is 6.29 Å². The van der Waals surface area contributed by atoms with Crippen LogP contribution in [-0.2, 0) is 11.3 Å². The zero-order valence-corrected chi connectivity index (χ0v) is 10.1. The third kappa shape index (κ3) is 0.0473. The molecule has 1 spiro atoms. The quantitative estimate of drug-likeness (QED) is 0.491. The Kier molecular flexibility index (Phi) is 0.163. The Morgan fingerprint density at radius 1 is 1.06 bits per heavy atom. The predicted octanol–water partition coefficient (Wildman–Crippen LogP) is 3.47. The number of carbonyl (C=O) groups is 1. The normalized spacial score (nSPS) is 124. The average Bonchev–Trinajstić information content (AvgIpc) is 3.24. The first-order valence-electron chi connectivity index (χ1n) is 6.54. The molecule has 84 valence electrons. The van der Waals surface area contributed by atoms with Crippen LogP contribution in [0.4, 0.5) is 0 Å². The van der Waals surface area contributed by atoms with Gasteiger partial charge in [0, 0.05) is 0 Å². The first-order chi connectivity index (χ1) is 7.52. The van der Waals surface area contributed by atoms with E-state index in [1.165, 1.54) is 50.3 Å². The summed E-state index contributed by atoms with van der Waals surface area (Å²) < 4.78 is 0.541. The SMILES string of the molecule is CC=O.N#C[C]12[CH]3[CH]4[CH]5[CH]1[Fe]45321678[CH]2[CH]1[CH]6[CH]7[CH]28. The number of rotatable bonds is 0. The minimum atomic E-state index is -2.86. The molecule has 0 amide bonds. The second kappa shape index (κ2) is 0.433. The van der Waals surface area contributed by atoms with Crippen molar-refractivity contribution in [2.75, 3.05) is 0 Å². The van der Waals surface area contributed by atoms with Crippen molar-refractivity contribution in [1.29, 1.82) is 5.26 Å². The standard InChI is InChI=1S/C6H4N.C5H5.C2H4O.Fe/c7-5-6-3-1-2-4-6;1-2-4-5-3-1;1-2-3;/h1-4H;1-5H;2H,1H3;. The molecule has 10 aliphatic rings. The molecule has 0 N–H and O–H groups in total. The molecule has 16 heavy (non-hydrogen) atoms. The maximum absolute atomic E-state index is 9.65. The van der Waals surface area contributed by atoms with E-state index in [9.17, 15) is 5.26 Å². The fourth-order valence-corrected chi connectivity index (χ4v) is 89.3. The molecule has 0 bridgehead atoms. The van der Waals surface area contributed by atoms with E-state index < -0.39 is 6.51 Å². The molecule has 0 aliphatic carbocycles. The molecule has 10 heterocycles. The van der Waals surface area contributed by atoms with Crippen molar-refractivity contribution in [2.24, 2.45) is 0 Å². The van der Waals surface area contributed by atoms with E-state index in [0.29, 0.717) is 4.31 Å². The molecule has 10 rings (SSSR count). The van der Waals surface area contributed by atoms with E-state index in [1.807, 2.05) is 0 Å². The van der Waals surface area contributed by atoms with Crippen molar-refractivity contribution >= 4 is 6.29 Å². The zero-order valence-electron chi connectivity index (χ0n) is 8.98. The summed E-state index contributed by atoms with van der Waals surface area (Å²) in [4.78, 5) is 20.6. The Morgan fingerprint density at radius 2 is 1.44 bits per heavy atom. The average molecular weight is 255 g/mol. The topological polar surface area (TPSA) is 40.9 Å². The molecular weight excluding hydrogens is 242 g/mol. The Labute approximate surface area is 83.7 Å². The van der Waals surface area contributed by atoms with E-state index in [1.54, 1.807) is 0 Å². The molecule has 0 saturated carbocycles. The summed E-state index contributed by atoms with van der Waals surface area (Å²) in [7, 11) is 0. The van der Waals surface area contributed by atoms with Gasteiger partial charge in [0.25, 0.3) is 0 Å². The van der Waals surface area contributed by atoms with Crippen molar-refractivity contribution < 1.29 is 11.3 Å². The van der Waals surface area contributed by atoms with Crippen LogP contribution in [0.2, 0.25) is 47.7 Å². The number of hydrogen-bond acceptors (Lipinski definition) is 2. The number of nitriles is 1. The van der Waals surface area contributed by atoms with Crippen LogP contribution in [0.15, 0.2) is 0 Å². The van der Waals surface area contributed by atoms with Crippen molar-refractivity contribution in [3.05, 3.63) is 0 Å². The molecule has 4 atom stereocenters. The van der Waals surface area contributed by atoms with Crippen molar-refractivity contribution in [1.82, 2.24) is 0 Å². The molecular formula is C13H13FeNO. The van der Waals surface area contributed by atoms with E-state index in [-0.39, 0.29) is 0 Å². The van der Waals surface area contributed by atoms with Gasteiger partial charge < -0.3 is 4.79 Å². The van der Waals surface area contributed by atoms with Gasteiger partial charge in [0.05, 0.1) is 0 Å². The van der Waals surface area contributed by atoms with Crippen LogP contribution in [0.5, 0.6) is 0 Å². The van der Waals surface area contributed by atoms with Gasteiger partial charge in [-0.1, -0.05) is 0 Å². The first-order valence-corrected chi connectivity index (χ1v) is 12.8. The Morgan fingerprint density at radius 3 is 1.50 bits per heavy atom. The second-order valence-corrected chi connectivity index (χ2v) is 33.6. The van der Waals surface area contributed by atoms with Crippen LogP contribution in [0, 0.1) is 11.3 Å². The number of aldehydes is 1. The predicted molar refractivity (Wildman–Crippen MR) is 53.8 cm³/mol. The molecule has 0 aromatic carbocycles. The summed E-state index contributed by atoms with van der Waals surface area (Å²) in [5.74, 6) is 0. The Balaban J connectivity index is 0.000000180. The van der Waals surface area contributed by atoms with Crippen LogP contribution in [0.1, 0.15) is 6.92 Å². The first kappa shape index (κ1) is 6.03. The fraction of sp³-hybridized carbons (Fsp3) is 0.846. The Hall–Kier alpha value is -0.321. The molecule has 0 aromatic heterocycles. The summed E-state index contributed by atoms with van der Waals surface area (Å²) in [6, 6.07) is 2.95. The molecule has 0 radical (unpaired) electrons. The van der Waals surface area contributed by atoms with Gasteiger partial charge in [-0.05, 0) is 6.92 Å². The van der Waals surface area contributed by atoms with E-state index >= 15 is 0 Å². The third-order valence-electron chi connectivity index (χ3n) is 14.9. The van der Waals surface area contributed by atoms with Gasteiger partial charge >= 0.3 is 65.5 Å². The number of fused-ring (bicyclic) bond motifs is 10. The van der Waals surface area contributed by atoms with Crippen molar-refractivity contribution in [2.45, 2.75) is 54.6 Å². The van der Waals surface area contributed by atoms with Crippen LogP contribution >= 0.6 is 0 Å². The Bertz CT molecular complexity index is 890. The number of hydrogen-bond donors (Lipinski definition) is 0. The van der Waals surface area contributed by atoms with Gasteiger partial charge in [-0.2, -0.15) is 0 Å². The molecule has 3 heteroatoms. The summed E-state index contributed by atoms with van der Waals surface area (Å²) in [5.41, 5.74) is 0.